The van der Waals surface area contributed by atoms with E-state index in [0.717, 1.165) is 45.0 Å². The lowest BCUT2D eigenvalue weighted by molar-refractivity contribution is 0.245. The van der Waals surface area contributed by atoms with Crippen LogP contribution >= 0.6 is 0 Å². The van der Waals surface area contributed by atoms with Crippen molar-refractivity contribution in [2.45, 2.75) is 26.3 Å². The molecule has 5 heteroatoms. The van der Waals surface area contributed by atoms with Crippen molar-refractivity contribution in [2.24, 2.45) is 5.73 Å². The van der Waals surface area contributed by atoms with Gasteiger partial charge in [0.25, 0.3) is 0 Å². The molecule has 24 heavy (non-hydrogen) atoms. The van der Waals surface area contributed by atoms with Gasteiger partial charge in [-0.1, -0.05) is 19.1 Å². The van der Waals surface area contributed by atoms with Crippen LogP contribution in [0.25, 0.3) is 0 Å². The first-order valence-electron chi connectivity index (χ1n) is 9.26. The summed E-state index contributed by atoms with van der Waals surface area (Å²) in [5.41, 5.74) is 7.03. The number of hydrogen-bond acceptors (Lipinski definition) is 5. The van der Waals surface area contributed by atoms with Gasteiger partial charge in [-0.3, -0.25) is 9.80 Å². The predicted molar refractivity (Wildman–Crippen MR) is 100 cm³/mol. The smallest absolute Gasteiger partial charge is 0.119 e. The maximum Gasteiger partial charge on any atom is 0.119 e. The molecular formula is C19H34N4O. The van der Waals surface area contributed by atoms with Gasteiger partial charge in [0.15, 0.2) is 0 Å². The highest BCUT2D eigenvalue weighted by Crippen LogP contribution is 2.15. The van der Waals surface area contributed by atoms with Crippen molar-refractivity contribution >= 4 is 0 Å². The van der Waals surface area contributed by atoms with E-state index in [1.165, 1.54) is 31.6 Å². The molecule has 0 radical (unpaired) electrons. The summed E-state index contributed by atoms with van der Waals surface area (Å²) in [6.07, 6.45) is 2.27. The summed E-state index contributed by atoms with van der Waals surface area (Å²) in [5, 5.41) is 0. The fourth-order valence-corrected chi connectivity index (χ4v) is 3.06. The first-order valence-corrected chi connectivity index (χ1v) is 9.26. The Bertz CT molecular complexity index is 447. The highest BCUT2D eigenvalue weighted by molar-refractivity contribution is 5.27. The van der Waals surface area contributed by atoms with Crippen molar-refractivity contribution in [1.82, 2.24) is 14.7 Å². The molecule has 2 N–H and O–H groups in total. The summed E-state index contributed by atoms with van der Waals surface area (Å²) in [7, 11) is 2.21. The first kappa shape index (κ1) is 19.2. The van der Waals surface area contributed by atoms with Crippen molar-refractivity contribution in [3.05, 3.63) is 29.8 Å². The second kappa shape index (κ2) is 10.7. The van der Waals surface area contributed by atoms with Crippen LogP contribution in [-0.4, -0.2) is 74.3 Å². The van der Waals surface area contributed by atoms with Crippen LogP contribution in [-0.2, 0) is 6.54 Å². The summed E-state index contributed by atoms with van der Waals surface area (Å²) in [6.45, 7) is 11.3. The van der Waals surface area contributed by atoms with Gasteiger partial charge < -0.3 is 15.4 Å². The fourth-order valence-electron chi connectivity index (χ4n) is 3.06. The number of nitrogens with two attached hydrogens (primary N) is 1. The predicted octanol–water partition coefficient (Wildman–Crippen LogP) is 1.83. The second-order valence-corrected chi connectivity index (χ2v) is 6.67. The third-order valence-corrected chi connectivity index (χ3v) is 4.73. The molecule has 0 unspecified atom stereocenters. The zero-order chi connectivity index (χ0) is 17.2. The fraction of sp³-hybridized carbons (Fsp3) is 0.684. The van der Waals surface area contributed by atoms with Gasteiger partial charge in [-0.25, -0.2) is 0 Å². The topological polar surface area (TPSA) is 45.0 Å². The molecule has 1 heterocycles. The molecule has 0 aromatic heterocycles. The zero-order valence-corrected chi connectivity index (χ0v) is 15.4. The van der Waals surface area contributed by atoms with E-state index in [9.17, 15) is 0 Å². The van der Waals surface area contributed by atoms with Crippen molar-refractivity contribution < 1.29 is 4.74 Å². The van der Waals surface area contributed by atoms with Gasteiger partial charge >= 0.3 is 0 Å². The van der Waals surface area contributed by atoms with Gasteiger partial charge in [0.2, 0.25) is 0 Å². The van der Waals surface area contributed by atoms with Crippen LogP contribution in [0, 0.1) is 0 Å². The van der Waals surface area contributed by atoms with Crippen LogP contribution in [0.5, 0.6) is 5.75 Å². The lowest BCUT2D eigenvalue weighted by Gasteiger charge is -2.20. The highest BCUT2D eigenvalue weighted by atomic mass is 16.5. The lowest BCUT2D eigenvalue weighted by atomic mass is 10.2. The van der Waals surface area contributed by atoms with Gasteiger partial charge in [0.05, 0.1) is 6.61 Å². The average Bonchev–Trinajstić information content (AvgIpc) is 2.81. The molecule has 136 valence electrons. The summed E-state index contributed by atoms with van der Waals surface area (Å²) < 4.78 is 5.84. The zero-order valence-electron chi connectivity index (χ0n) is 15.4. The number of rotatable bonds is 9. The summed E-state index contributed by atoms with van der Waals surface area (Å²) in [4.78, 5) is 7.18. The minimum Gasteiger partial charge on any atom is -0.494 e. The van der Waals surface area contributed by atoms with E-state index in [-0.39, 0.29) is 0 Å². The summed E-state index contributed by atoms with van der Waals surface area (Å²) in [6, 6.07) is 8.59. The Balaban J connectivity index is 1.70. The first-order chi connectivity index (χ1) is 11.7. The minimum atomic E-state index is 0.623. The molecule has 0 aliphatic carbocycles. The van der Waals surface area contributed by atoms with Gasteiger partial charge in [-0.15, -0.1) is 0 Å². The SMILES string of the molecule is CCN(CN)CCCOc1ccc(CN2CCCN(C)CC2)cc1. The number of nitrogens with zero attached hydrogens (tertiary/aromatic N) is 3. The summed E-state index contributed by atoms with van der Waals surface area (Å²) >= 11 is 0. The molecule has 5 nitrogen and oxygen atoms in total. The third-order valence-electron chi connectivity index (χ3n) is 4.73. The number of benzene rings is 1. The van der Waals surface area contributed by atoms with Crippen LogP contribution in [0.15, 0.2) is 24.3 Å². The number of hydrogen-bond donors (Lipinski definition) is 1. The van der Waals surface area contributed by atoms with Crippen LogP contribution in [0.1, 0.15) is 25.3 Å². The van der Waals surface area contributed by atoms with E-state index in [1.807, 2.05) is 0 Å². The molecule has 1 saturated heterocycles. The van der Waals surface area contributed by atoms with Gasteiger partial charge in [-0.05, 0) is 57.2 Å². The number of ether oxygens (including phenoxy) is 1. The Morgan fingerprint density at radius 2 is 1.92 bits per heavy atom. The average molecular weight is 335 g/mol. The Morgan fingerprint density at radius 1 is 1.12 bits per heavy atom. The Labute approximate surface area is 147 Å². The van der Waals surface area contributed by atoms with E-state index >= 15 is 0 Å². The monoisotopic (exact) mass is 334 g/mol. The molecular weight excluding hydrogens is 300 g/mol. The van der Waals surface area contributed by atoms with Crippen LogP contribution in [0.2, 0.25) is 0 Å². The van der Waals surface area contributed by atoms with E-state index in [2.05, 4.69) is 52.9 Å². The maximum absolute atomic E-state index is 5.84. The van der Waals surface area contributed by atoms with Crippen molar-refractivity contribution in [2.75, 3.05) is 59.6 Å². The summed E-state index contributed by atoms with van der Waals surface area (Å²) in [5.74, 6) is 0.963. The minimum absolute atomic E-state index is 0.623. The molecule has 1 aromatic carbocycles. The Hall–Kier alpha value is -1.14. The molecule has 1 aliphatic heterocycles. The van der Waals surface area contributed by atoms with Crippen molar-refractivity contribution in [3.63, 3.8) is 0 Å². The molecule has 0 bridgehead atoms. The normalized spacial score (nSPS) is 17.2. The standard InChI is InChI=1S/C19H34N4O/c1-3-22(17-20)12-5-15-24-19-8-6-18(7-9-19)16-23-11-4-10-21(2)13-14-23/h6-9H,3-5,10-17,20H2,1-2H3. The lowest BCUT2D eigenvalue weighted by Crippen LogP contribution is -2.31. The van der Waals surface area contributed by atoms with Gasteiger partial charge in [0.1, 0.15) is 5.75 Å². The number of likely N-dealkylation sites (N-methyl/N-ethyl adjacent to an activating group) is 1. The third kappa shape index (κ3) is 6.77. The Kier molecular flexibility index (Phi) is 8.53. The molecule has 0 spiro atoms. The molecule has 1 aliphatic rings. The van der Waals surface area contributed by atoms with Crippen LogP contribution < -0.4 is 10.5 Å². The van der Waals surface area contributed by atoms with E-state index in [4.69, 9.17) is 10.5 Å². The van der Waals surface area contributed by atoms with Gasteiger partial charge in [0, 0.05) is 32.8 Å². The largest absolute Gasteiger partial charge is 0.494 e. The molecule has 0 atom stereocenters. The van der Waals surface area contributed by atoms with Gasteiger partial charge in [-0.2, -0.15) is 0 Å². The molecule has 0 amide bonds. The van der Waals surface area contributed by atoms with E-state index in [0.29, 0.717) is 6.67 Å². The Morgan fingerprint density at radius 3 is 2.62 bits per heavy atom. The molecule has 1 aromatic rings. The van der Waals surface area contributed by atoms with Crippen molar-refractivity contribution in [1.29, 1.82) is 0 Å². The van der Waals surface area contributed by atoms with E-state index < -0.39 is 0 Å². The quantitative estimate of drug-likeness (QED) is 0.551. The van der Waals surface area contributed by atoms with Crippen LogP contribution in [0.4, 0.5) is 0 Å². The molecule has 2 rings (SSSR count). The highest BCUT2D eigenvalue weighted by Gasteiger charge is 2.12. The molecule has 0 saturated carbocycles. The van der Waals surface area contributed by atoms with E-state index in [1.54, 1.807) is 0 Å². The van der Waals surface area contributed by atoms with Crippen molar-refractivity contribution in [3.8, 4) is 5.75 Å². The molecule has 1 fully saturated rings. The van der Waals surface area contributed by atoms with Crippen LogP contribution in [0.3, 0.4) is 0 Å². The maximum atomic E-state index is 5.84. The second-order valence-electron chi connectivity index (χ2n) is 6.67.